The van der Waals surface area contributed by atoms with Crippen molar-refractivity contribution in [2.45, 2.75) is 18.4 Å². The summed E-state index contributed by atoms with van der Waals surface area (Å²) in [6.45, 7) is 2.46. The van der Waals surface area contributed by atoms with Crippen LogP contribution in [0.1, 0.15) is 5.69 Å². The Hall–Kier alpha value is -1.39. The number of benzene rings is 1. The number of hydrogen-bond acceptors (Lipinski definition) is 5. The van der Waals surface area contributed by atoms with Crippen molar-refractivity contribution in [2.75, 3.05) is 26.2 Å². The molecular formula is C16H17Cl2N3O4S2. The summed E-state index contributed by atoms with van der Waals surface area (Å²) < 4.78 is 28.4. The summed E-state index contributed by atoms with van der Waals surface area (Å²) in [6, 6.07) is 4.52. The lowest BCUT2D eigenvalue weighted by molar-refractivity contribution is -0.133. The van der Waals surface area contributed by atoms with Crippen molar-refractivity contribution in [2.24, 2.45) is 0 Å². The zero-order valence-electron chi connectivity index (χ0n) is 14.4. The molecule has 1 aliphatic rings. The van der Waals surface area contributed by atoms with Crippen molar-refractivity contribution in [3.63, 3.8) is 0 Å². The number of amides is 1. The number of sulfonamides is 1. The number of aromatic nitrogens is 1. The first kappa shape index (κ1) is 20.3. The number of piperazine rings is 1. The summed E-state index contributed by atoms with van der Waals surface area (Å²) in [7, 11) is -3.86. The van der Waals surface area contributed by atoms with E-state index in [1.165, 1.54) is 21.0 Å². The van der Waals surface area contributed by atoms with Crippen LogP contribution in [-0.2, 0) is 21.4 Å². The lowest BCUT2D eigenvalue weighted by atomic mass is 10.3. The molecule has 1 amide bonds. The molecule has 0 unspecified atom stereocenters. The number of carbonyl (C=O) groups excluding carboxylic acids is 1. The average Bonchev–Trinajstić information content (AvgIpc) is 2.93. The molecule has 0 atom stereocenters. The van der Waals surface area contributed by atoms with Gasteiger partial charge in [0.25, 0.3) is 0 Å². The van der Waals surface area contributed by atoms with Crippen LogP contribution in [0.5, 0.6) is 0 Å². The number of nitrogens with zero attached hydrogens (tertiary/aromatic N) is 3. The minimum atomic E-state index is -3.86. The molecule has 0 radical (unpaired) electrons. The summed E-state index contributed by atoms with van der Waals surface area (Å²) in [5.74, 6) is -0.216. The van der Waals surface area contributed by atoms with Crippen LogP contribution in [0, 0.1) is 6.92 Å². The maximum Gasteiger partial charge on any atom is 0.307 e. The number of thiazole rings is 1. The van der Waals surface area contributed by atoms with E-state index in [1.54, 1.807) is 23.3 Å². The Labute approximate surface area is 170 Å². The Bertz CT molecular complexity index is 1000. The van der Waals surface area contributed by atoms with E-state index in [0.29, 0.717) is 0 Å². The van der Waals surface area contributed by atoms with Crippen molar-refractivity contribution in [3.05, 3.63) is 49.0 Å². The van der Waals surface area contributed by atoms with Crippen LogP contribution in [0.4, 0.5) is 0 Å². The molecule has 2 heterocycles. The van der Waals surface area contributed by atoms with E-state index in [4.69, 9.17) is 23.2 Å². The fourth-order valence-corrected chi connectivity index (χ4v) is 6.12. The summed E-state index contributed by atoms with van der Waals surface area (Å²) in [5.41, 5.74) is 0.730. The van der Waals surface area contributed by atoms with Gasteiger partial charge in [0.15, 0.2) is 0 Å². The Morgan fingerprint density at radius 2 is 1.74 bits per heavy atom. The highest BCUT2D eigenvalue weighted by atomic mass is 35.5. The van der Waals surface area contributed by atoms with Gasteiger partial charge in [-0.1, -0.05) is 40.6 Å². The van der Waals surface area contributed by atoms with E-state index < -0.39 is 10.0 Å². The zero-order valence-corrected chi connectivity index (χ0v) is 17.5. The lowest BCUT2D eigenvalue weighted by Gasteiger charge is -2.34. The largest absolute Gasteiger partial charge is 0.338 e. The smallest absolute Gasteiger partial charge is 0.307 e. The van der Waals surface area contributed by atoms with Gasteiger partial charge in [-0.15, -0.1) is 0 Å². The predicted octanol–water partition coefficient (Wildman–Crippen LogP) is 2.06. The van der Waals surface area contributed by atoms with Crippen LogP contribution in [0.3, 0.4) is 0 Å². The molecule has 2 aromatic rings. The topological polar surface area (TPSA) is 79.7 Å². The van der Waals surface area contributed by atoms with Gasteiger partial charge in [0.2, 0.25) is 15.9 Å². The van der Waals surface area contributed by atoms with Crippen molar-refractivity contribution in [3.8, 4) is 0 Å². The number of carbonyl (C=O) groups is 1. The molecule has 0 aliphatic carbocycles. The molecule has 1 aromatic heterocycles. The Balaban J connectivity index is 1.70. The fourth-order valence-electron chi connectivity index (χ4n) is 2.87. The molecule has 0 N–H and O–H groups in total. The maximum absolute atomic E-state index is 12.9. The SMILES string of the molecule is Cc1csc(=O)n1CC(=O)N1CCN(S(=O)(=O)c2c(Cl)cccc2Cl)CC1. The van der Waals surface area contributed by atoms with Crippen LogP contribution in [0.2, 0.25) is 10.0 Å². The van der Waals surface area contributed by atoms with Crippen molar-refractivity contribution >= 4 is 50.5 Å². The van der Waals surface area contributed by atoms with Crippen molar-refractivity contribution in [1.82, 2.24) is 13.8 Å². The van der Waals surface area contributed by atoms with Gasteiger partial charge in [0.1, 0.15) is 11.4 Å². The molecule has 1 aliphatic heterocycles. The van der Waals surface area contributed by atoms with Gasteiger partial charge in [-0.25, -0.2) is 8.42 Å². The van der Waals surface area contributed by atoms with Gasteiger partial charge in [-0.05, 0) is 19.1 Å². The highest BCUT2D eigenvalue weighted by molar-refractivity contribution is 7.89. The molecule has 1 saturated heterocycles. The van der Waals surface area contributed by atoms with E-state index >= 15 is 0 Å². The Kier molecular flexibility index (Phi) is 5.97. The van der Waals surface area contributed by atoms with E-state index in [-0.39, 0.29) is 58.4 Å². The van der Waals surface area contributed by atoms with Gasteiger partial charge in [0, 0.05) is 37.3 Å². The first-order valence-corrected chi connectivity index (χ1v) is 11.2. The number of aryl methyl sites for hydroxylation is 1. The van der Waals surface area contributed by atoms with Gasteiger partial charge >= 0.3 is 4.87 Å². The van der Waals surface area contributed by atoms with Crippen LogP contribution in [0.15, 0.2) is 33.3 Å². The van der Waals surface area contributed by atoms with E-state index in [1.807, 2.05) is 0 Å². The fraction of sp³-hybridized carbons (Fsp3) is 0.375. The molecule has 11 heteroatoms. The Morgan fingerprint density at radius 3 is 2.26 bits per heavy atom. The zero-order chi connectivity index (χ0) is 19.8. The molecular weight excluding hydrogens is 433 g/mol. The molecule has 1 aromatic carbocycles. The Morgan fingerprint density at radius 1 is 1.15 bits per heavy atom. The normalized spacial score (nSPS) is 15.9. The van der Waals surface area contributed by atoms with Crippen LogP contribution in [-0.4, -0.2) is 54.3 Å². The van der Waals surface area contributed by atoms with Crippen LogP contribution >= 0.6 is 34.5 Å². The quantitative estimate of drug-likeness (QED) is 0.715. The average molecular weight is 450 g/mol. The molecule has 146 valence electrons. The van der Waals surface area contributed by atoms with Gasteiger partial charge in [-0.2, -0.15) is 4.31 Å². The molecule has 7 nitrogen and oxygen atoms in total. The summed E-state index contributed by atoms with van der Waals surface area (Å²) in [6.07, 6.45) is 0. The second kappa shape index (κ2) is 7.92. The van der Waals surface area contributed by atoms with Crippen molar-refractivity contribution in [1.29, 1.82) is 0 Å². The third-order valence-corrected chi connectivity index (χ3v) is 8.11. The number of hydrogen-bond donors (Lipinski definition) is 0. The predicted molar refractivity (Wildman–Crippen MR) is 105 cm³/mol. The van der Waals surface area contributed by atoms with Gasteiger partial charge in [0.05, 0.1) is 10.0 Å². The summed E-state index contributed by atoms with van der Waals surface area (Å²) in [4.78, 5) is 25.5. The number of halogens is 2. The van der Waals surface area contributed by atoms with Gasteiger partial charge < -0.3 is 4.90 Å². The first-order chi connectivity index (χ1) is 12.7. The lowest BCUT2D eigenvalue weighted by Crippen LogP contribution is -2.51. The molecule has 27 heavy (non-hydrogen) atoms. The molecule has 0 bridgehead atoms. The monoisotopic (exact) mass is 449 g/mol. The van der Waals surface area contributed by atoms with Crippen molar-refractivity contribution < 1.29 is 13.2 Å². The maximum atomic E-state index is 12.9. The van der Waals surface area contributed by atoms with E-state index in [9.17, 15) is 18.0 Å². The second-order valence-corrected chi connectivity index (χ2v) is 9.57. The van der Waals surface area contributed by atoms with E-state index in [2.05, 4.69) is 0 Å². The first-order valence-electron chi connectivity index (χ1n) is 8.08. The van der Waals surface area contributed by atoms with Crippen LogP contribution in [0.25, 0.3) is 0 Å². The molecule has 3 rings (SSSR count). The summed E-state index contributed by atoms with van der Waals surface area (Å²) >= 11 is 13.1. The third kappa shape index (κ3) is 4.07. The summed E-state index contributed by atoms with van der Waals surface area (Å²) in [5, 5.41) is 1.83. The van der Waals surface area contributed by atoms with E-state index in [0.717, 1.165) is 17.0 Å². The second-order valence-electron chi connectivity index (χ2n) is 6.06. The van der Waals surface area contributed by atoms with Crippen LogP contribution < -0.4 is 4.87 Å². The molecule has 0 saturated carbocycles. The minimum Gasteiger partial charge on any atom is -0.338 e. The molecule has 1 fully saturated rings. The highest BCUT2D eigenvalue weighted by Crippen LogP contribution is 2.31. The van der Waals surface area contributed by atoms with Gasteiger partial charge in [-0.3, -0.25) is 14.2 Å². The minimum absolute atomic E-state index is 0.0444. The molecule has 0 spiro atoms. The third-order valence-electron chi connectivity index (χ3n) is 4.38. The highest BCUT2D eigenvalue weighted by Gasteiger charge is 2.33. The standard InChI is InChI=1S/C16H17Cl2N3O4S2/c1-11-10-26-16(23)21(11)9-14(22)19-5-7-20(8-6-19)27(24,25)15-12(17)3-2-4-13(15)18/h2-4,10H,5-9H2,1H3. The number of rotatable bonds is 4.